The van der Waals surface area contributed by atoms with Crippen LogP contribution in [0.5, 0.6) is 0 Å². The van der Waals surface area contributed by atoms with E-state index in [0.717, 1.165) is 24.8 Å². The van der Waals surface area contributed by atoms with Crippen LogP contribution in [0.15, 0.2) is 12.2 Å². The van der Waals surface area contributed by atoms with E-state index in [9.17, 15) is 5.11 Å². The van der Waals surface area contributed by atoms with E-state index in [0.29, 0.717) is 0 Å². The molecule has 1 rings (SSSR count). The molecule has 0 bridgehead atoms. The summed E-state index contributed by atoms with van der Waals surface area (Å²) < 4.78 is 0. The SMILES string of the molecule is C=C1CCCCC1([CH2-])C(C)(C)[O-].[Mg+2]. The minimum Gasteiger partial charge on any atom is -0.851 e. The van der Waals surface area contributed by atoms with Crippen molar-refractivity contribution in [3.63, 3.8) is 0 Å². The first-order valence-corrected chi connectivity index (χ1v) is 4.62. The average molecular weight is 191 g/mol. The standard InChI is InChI=1S/C11H18O.Mg/c1-9-7-5-6-8-11(9,4)10(2,3)12;/h1,4-8H2,2-3H3;/q-2;+2. The monoisotopic (exact) mass is 190 g/mol. The second kappa shape index (κ2) is 4.33. The van der Waals surface area contributed by atoms with Crippen LogP contribution in [0.3, 0.4) is 0 Å². The Kier molecular flexibility index (Phi) is 4.48. The van der Waals surface area contributed by atoms with Crippen LogP contribution in [-0.2, 0) is 0 Å². The Morgan fingerprint density at radius 2 is 2.00 bits per heavy atom. The molecule has 70 valence electrons. The predicted molar refractivity (Wildman–Crippen MR) is 55.2 cm³/mol. The van der Waals surface area contributed by atoms with Gasteiger partial charge in [-0.05, 0) is 12.8 Å². The van der Waals surface area contributed by atoms with Gasteiger partial charge in [-0.2, -0.15) is 0 Å². The summed E-state index contributed by atoms with van der Waals surface area (Å²) in [6.45, 7) is 11.5. The van der Waals surface area contributed by atoms with Gasteiger partial charge < -0.3 is 12.0 Å². The molecule has 0 heterocycles. The van der Waals surface area contributed by atoms with E-state index in [1.165, 1.54) is 6.42 Å². The van der Waals surface area contributed by atoms with E-state index in [1.54, 1.807) is 13.8 Å². The Hall–Kier alpha value is 0.466. The van der Waals surface area contributed by atoms with Crippen LogP contribution in [0, 0.1) is 12.3 Å². The van der Waals surface area contributed by atoms with Crippen LogP contribution in [0.25, 0.3) is 0 Å². The normalized spacial score (nSPS) is 29.7. The van der Waals surface area contributed by atoms with Crippen molar-refractivity contribution in [1.82, 2.24) is 0 Å². The summed E-state index contributed by atoms with van der Waals surface area (Å²) in [4.78, 5) is 0. The van der Waals surface area contributed by atoms with Gasteiger partial charge >= 0.3 is 23.1 Å². The maximum Gasteiger partial charge on any atom is 2.00 e. The fraction of sp³-hybridized carbons (Fsp3) is 0.727. The molecule has 13 heavy (non-hydrogen) atoms. The van der Waals surface area contributed by atoms with E-state index in [2.05, 4.69) is 13.5 Å². The smallest absolute Gasteiger partial charge is 0.851 e. The predicted octanol–water partition coefficient (Wildman–Crippen LogP) is 1.70. The van der Waals surface area contributed by atoms with Crippen LogP contribution >= 0.6 is 0 Å². The first kappa shape index (κ1) is 13.5. The summed E-state index contributed by atoms with van der Waals surface area (Å²) >= 11 is 0. The molecule has 1 fully saturated rings. The number of hydrogen-bond acceptors (Lipinski definition) is 1. The van der Waals surface area contributed by atoms with E-state index in [1.807, 2.05) is 0 Å². The first-order valence-electron chi connectivity index (χ1n) is 4.62. The van der Waals surface area contributed by atoms with Crippen LogP contribution in [-0.4, -0.2) is 28.7 Å². The minimum absolute atomic E-state index is 0. The Morgan fingerprint density at radius 3 is 2.31 bits per heavy atom. The number of rotatable bonds is 1. The van der Waals surface area contributed by atoms with Crippen molar-refractivity contribution in [2.45, 2.75) is 45.1 Å². The van der Waals surface area contributed by atoms with Gasteiger partial charge in [0.05, 0.1) is 0 Å². The first-order chi connectivity index (χ1) is 5.38. The molecular formula is C11H18MgO. The molecular weight excluding hydrogens is 172 g/mol. The van der Waals surface area contributed by atoms with Crippen LogP contribution < -0.4 is 5.11 Å². The Balaban J connectivity index is 0.00000144. The molecule has 0 radical (unpaired) electrons. The van der Waals surface area contributed by atoms with Crippen molar-refractivity contribution >= 4 is 23.1 Å². The zero-order chi connectivity index (χ0) is 9.41. The second-order valence-electron chi connectivity index (χ2n) is 4.40. The van der Waals surface area contributed by atoms with E-state index < -0.39 is 11.0 Å². The molecule has 1 atom stereocenters. The molecule has 1 aliphatic carbocycles. The molecule has 1 saturated carbocycles. The van der Waals surface area contributed by atoms with Crippen molar-refractivity contribution in [3.05, 3.63) is 19.1 Å². The Labute approximate surface area is 97.8 Å². The largest absolute Gasteiger partial charge is 2.00 e. The van der Waals surface area contributed by atoms with Crippen molar-refractivity contribution < 1.29 is 5.11 Å². The third-order valence-electron chi connectivity index (χ3n) is 3.16. The Morgan fingerprint density at radius 1 is 1.46 bits per heavy atom. The van der Waals surface area contributed by atoms with Gasteiger partial charge in [0.15, 0.2) is 0 Å². The topological polar surface area (TPSA) is 23.1 Å². The van der Waals surface area contributed by atoms with Crippen molar-refractivity contribution in [2.24, 2.45) is 5.41 Å². The molecule has 0 aromatic carbocycles. The minimum atomic E-state index is -0.982. The molecule has 1 unspecified atom stereocenters. The molecule has 0 spiro atoms. The van der Waals surface area contributed by atoms with Gasteiger partial charge in [-0.25, -0.2) is 0 Å². The average Bonchev–Trinajstić information content (AvgIpc) is 1.93. The molecule has 1 nitrogen and oxygen atoms in total. The third-order valence-corrected chi connectivity index (χ3v) is 3.16. The zero-order valence-corrected chi connectivity index (χ0v) is 10.3. The second-order valence-corrected chi connectivity index (χ2v) is 4.40. The van der Waals surface area contributed by atoms with Gasteiger partial charge in [0.1, 0.15) is 0 Å². The van der Waals surface area contributed by atoms with Crippen LogP contribution in [0.4, 0.5) is 0 Å². The molecule has 0 aliphatic heterocycles. The maximum atomic E-state index is 11.9. The van der Waals surface area contributed by atoms with Gasteiger partial charge in [-0.15, -0.1) is 23.2 Å². The van der Waals surface area contributed by atoms with Crippen LogP contribution in [0.1, 0.15) is 39.5 Å². The summed E-state index contributed by atoms with van der Waals surface area (Å²) in [5.41, 5.74) is -0.357. The van der Waals surface area contributed by atoms with Crippen molar-refractivity contribution in [3.8, 4) is 0 Å². The molecule has 0 N–H and O–H groups in total. The molecule has 0 amide bonds. The molecule has 0 aromatic rings. The van der Waals surface area contributed by atoms with Crippen LogP contribution in [0.2, 0.25) is 0 Å². The summed E-state index contributed by atoms with van der Waals surface area (Å²) in [6.07, 6.45) is 4.18. The third kappa shape index (κ3) is 2.48. The molecule has 0 saturated heterocycles. The fourth-order valence-electron chi connectivity index (χ4n) is 1.91. The van der Waals surface area contributed by atoms with Crippen molar-refractivity contribution in [1.29, 1.82) is 0 Å². The van der Waals surface area contributed by atoms with E-state index in [-0.39, 0.29) is 23.1 Å². The van der Waals surface area contributed by atoms with E-state index >= 15 is 0 Å². The number of hydrogen-bond donors (Lipinski definition) is 0. The summed E-state index contributed by atoms with van der Waals surface area (Å²) in [6, 6.07) is 0. The molecule has 2 heteroatoms. The quantitative estimate of drug-likeness (QED) is 0.351. The Bertz CT molecular complexity index is 193. The zero-order valence-electron chi connectivity index (χ0n) is 8.86. The molecule has 1 aliphatic rings. The maximum absolute atomic E-state index is 11.9. The van der Waals surface area contributed by atoms with Gasteiger partial charge in [0.25, 0.3) is 0 Å². The fourth-order valence-corrected chi connectivity index (χ4v) is 1.91. The molecule has 0 aromatic heterocycles. The summed E-state index contributed by atoms with van der Waals surface area (Å²) in [7, 11) is 0. The van der Waals surface area contributed by atoms with Gasteiger partial charge in [0, 0.05) is 0 Å². The van der Waals surface area contributed by atoms with Gasteiger partial charge in [-0.3, -0.25) is 0 Å². The van der Waals surface area contributed by atoms with E-state index in [4.69, 9.17) is 0 Å². The summed E-state index contributed by atoms with van der Waals surface area (Å²) in [5.74, 6) is 0. The van der Waals surface area contributed by atoms with Gasteiger partial charge in [0.2, 0.25) is 0 Å². The van der Waals surface area contributed by atoms with Gasteiger partial charge in [-0.1, -0.05) is 26.7 Å². The summed E-state index contributed by atoms with van der Waals surface area (Å²) in [5, 5.41) is 11.9. The van der Waals surface area contributed by atoms with Crippen molar-refractivity contribution in [2.75, 3.05) is 0 Å².